The number of rotatable bonds is 3. The normalized spacial score (nSPS) is 15.1. The van der Waals surface area contributed by atoms with Crippen LogP contribution >= 0.6 is 11.3 Å². The van der Waals surface area contributed by atoms with Gasteiger partial charge in [0.25, 0.3) is 0 Å². The van der Waals surface area contributed by atoms with Crippen molar-refractivity contribution in [3.63, 3.8) is 0 Å². The molecule has 1 N–H and O–H groups in total. The highest BCUT2D eigenvalue weighted by atomic mass is 32.2. The van der Waals surface area contributed by atoms with Crippen LogP contribution in [0.1, 0.15) is 27.3 Å². The lowest BCUT2D eigenvalue weighted by Gasteiger charge is -2.10. The predicted molar refractivity (Wildman–Crippen MR) is 108 cm³/mol. The van der Waals surface area contributed by atoms with E-state index in [9.17, 15) is 12.8 Å². The van der Waals surface area contributed by atoms with Gasteiger partial charge in [0.15, 0.2) is 0 Å². The number of aromatic nitrogens is 1. The number of benzene rings is 2. The molecule has 0 saturated carbocycles. The second-order valence-corrected chi connectivity index (χ2v) is 9.09. The largest absolute Gasteiger partial charge is 0.284 e. The van der Waals surface area contributed by atoms with Crippen molar-refractivity contribution in [3.05, 3.63) is 81.1 Å². The number of nitrogens with one attached hydrogen (secondary N) is 1. The number of nitrogens with zero attached hydrogens (tertiary/aromatic N) is 1. The summed E-state index contributed by atoms with van der Waals surface area (Å²) in [5.74, 6) is -0.245. The summed E-state index contributed by atoms with van der Waals surface area (Å²) in [5.41, 5.74) is 7.12. The molecule has 0 aliphatic heterocycles. The van der Waals surface area contributed by atoms with Crippen molar-refractivity contribution in [1.29, 1.82) is 0 Å². The van der Waals surface area contributed by atoms with Crippen LogP contribution in [0.25, 0.3) is 11.6 Å². The Kier molecular flexibility index (Phi) is 4.57. The lowest BCUT2D eigenvalue weighted by molar-refractivity contribution is 0.607. The molecular formula is C20H17FN2O2S2. The number of hydrogen-bond acceptors (Lipinski definition) is 4. The molecule has 0 bridgehead atoms. The SMILES string of the molecule is CS(=O)(=O)Nc1cccc(/C=C2/c3ccc(F)cc3CCc3ncsc32)c1. The van der Waals surface area contributed by atoms with E-state index in [0.717, 1.165) is 51.9 Å². The minimum Gasteiger partial charge on any atom is -0.284 e. The van der Waals surface area contributed by atoms with Gasteiger partial charge in [-0.15, -0.1) is 11.3 Å². The van der Waals surface area contributed by atoms with Crippen molar-refractivity contribution in [2.45, 2.75) is 12.8 Å². The summed E-state index contributed by atoms with van der Waals surface area (Å²) in [4.78, 5) is 5.54. The number of thiazole rings is 1. The van der Waals surface area contributed by atoms with Crippen molar-refractivity contribution >= 4 is 38.7 Å². The van der Waals surface area contributed by atoms with Crippen molar-refractivity contribution in [2.24, 2.45) is 0 Å². The quantitative estimate of drug-likeness (QED) is 0.711. The first-order chi connectivity index (χ1) is 12.9. The van der Waals surface area contributed by atoms with Gasteiger partial charge < -0.3 is 0 Å². The maximum absolute atomic E-state index is 13.7. The molecule has 0 unspecified atom stereocenters. The molecular weight excluding hydrogens is 383 g/mol. The fourth-order valence-electron chi connectivity index (χ4n) is 3.29. The van der Waals surface area contributed by atoms with Gasteiger partial charge >= 0.3 is 0 Å². The van der Waals surface area contributed by atoms with Gasteiger partial charge in [-0.3, -0.25) is 4.72 Å². The molecule has 0 spiro atoms. The van der Waals surface area contributed by atoms with E-state index in [2.05, 4.69) is 9.71 Å². The number of sulfonamides is 1. The standard InChI is InChI=1S/C20H17FN2O2S2/c1-27(24,25)23-16-4-2-3-13(9-16)10-18-17-7-6-15(21)11-14(17)5-8-19-20(18)26-12-22-19/h2-4,6-7,9-12,23H,5,8H2,1H3/b18-10-. The zero-order valence-corrected chi connectivity index (χ0v) is 16.2. The molecule has 1 aromatic heterocycles. The number of hydrogen-bond donors (Lipinski definition) is 1. The first-order valence-corrected chi connectivity index (χ1v) is 11.2. The van der Waals surface area contributed by atoms with E-state index in [4.69, 9.17) is 0 Å². The van der Waals surface area contributed by atoms with E-state index in [-0.39, 0.29) is 5.82 Å². The molecule has 3 aromatic rings. The van der Waals surface area contributed by atoms with Crippen molar-refractivity contribution < 1.29 is 12.8 Å². The molecule has 0 saturated heterocycles. The molecule has 4 rings (SSSR count). The Morgan fingerprint density at radius 1 is 1.19 bits per heavy atom. The summed E-state index contributed by atoms with van der Waals surface area (Å²) < 4.78 is 39.3. The second kappa shape index (κ2) is 6.90. The van der Waals surface area contributed by atoms with Gasteiger partial charge in [0.05, 0.1) is 22.3 Å². The van der Waals surface area contributed by atoms with Gasteiger partial charge in [-0.25, -0.2) is 17.8 Å². The van der Waals surface area contributed by atoms with Gasteiger partial charge in [-0.1, -0.05) is 18.2 Å². The summed E-state index contributed by atoms with van der Waals surface area (Å²) >= 11 is 1.56. The Hall–Kier alpha value is -2.51. The van der Waals surface area contributed by atoms with Crippen LogP contribution in [0.4, 0.5) is 10.1 Å². The van der Waals surface area contributed by atoms with Crippen molar-refractivity contribution in [2.75, 3.05) is 11.0 Å². The van der Waals surface area contributed by atoms with Crippen molar-refractivity contribution in [3.8, 4) is 0 Å². The van der Waals surface area contributed by atoms with Crippen LogP contribution in [0.15, 0.2) is 48.0 Å². The number of fused-ring (bicyclic) bond motifs is 2. The van der Waals surface area contributed by atoms with Gasteiger partial charge in [-0.05, 0) is 59.9 Å². The van der Waals surface area contributed by atoms with Gasteiger partial charge in [0, 0.05) is 11.3 Å². The first-order valence-electron chi connectivity index (χ1n) is 8.40. The highest BCUT2D eigenvalue weighted by Crippen LogP contribution is 2.37. The maximum Gasteiger partial charge on any atom is 0.229 e. The van der Waals surface area contributed by atoms with E-state index < -0.39 is 10.0 Å². The van der Waals surface area contributed by atoms with Crippen LogP contribution in [0.5, 0.6) is 0 Å². The zero-order chi connectivity index (χ0) is 19.0. The highest BCUT2D eigenvalue weighted by Gasteiger charge is 2.21. The number of aryl methyl sites for hydroxylation is 2. The predicted octanol–water partition coefficient (Wildman–Crippen LogP) is 4.34. The van der Waals surface area contributed by atoms with Crippen molar-refractivity contribution in [1.82, 2.24) is 4.98 Å². The van der Waals surface area contributed by atoms with E-state index >= 15 is 0 Å². The Labute approximate surface area is 161 Å². The highest BCUT2D eigenvalue weighted by molar-refractivity contribution is 7.92. The summed E-state index contributed by atoms with van der Waals surface area (Å²) in [6.07, 6.45) is 4.63. The molecule has 1 aliphatic rings. The molecule has 0 amide bonds. The van der Waals surface area contributed by atoms with Crippen LogP contribution in [0, 0.1) is 5.82 Å². The van der Waals surface area contributed by atoms with Crippen LogP contribution in [0.3, 0.4) is 0 Å². The maximum atomic E-state index is 13.7. The third-order valence-electron chi connectivity index (χ3n) is 4.38. The van der Waals surface area contributed by atoms with E-state index in [1.54, 1.807) is 35.6 Å². The summed E-state index contributed by atoms with van der Waals surface area (Å²) in [7, 11) is -3.35. The molecule has 2 aromatic carbocycles. The Bertz CT molecular complexity index is 1150. The molecule has 1 heterocycles. The summed E-state index contributed by atoms with van der Waals surface area (Å²) in [6.45, 7) is 0. The fraction of sp³-hybridized carbons (Fsp3) is 0.150. The Morgan fingerprint density at radius 2 is 2.04 bits per heavy atom. The molecule has 27 heavy (non-hydrogen) atoms. The van der Waals surface area contributed by atoms with E-state index in [0.29, 0.717) is 5.69 Å². The number of anilines is 1. The average molecular weight is 401 g/mol. The minimum absolute atomic E-state index is 0.245. The molecule has 138 valence electrons. The summed E-state index contributed by atoms with van der Waals surface area (Å²) in [5, 5.41) is 0. The number of halogens is 1. The van der Waals surface area contributed by atoms with Crippen LogP contribution in [0.2, 0.25) is 0 Å². The Morgan fingerprint density at radius 3 is 2.85 bits per heavy atom. The third-order valence-corrected chi connectivity index (χ3v) is 5.88. The third kappa shape index (κ3) is 3.94. The lowest BCUT2D eigenvalue weighted by Crippen LogP contribution is -2.09. The topological polar surface area (TPSA) is 59.1 Å². The molecule has 4 nitrogen and oxygen atoms in total. The monoisotopic (exact) mass is 400 g/mol. The molecule has 0 atom stereocenters. The smallest absolute Gasteiger partial charge is 0.229 e. The average Bonchev–Trinajstić information content (AvgIpc) is 3.00. The van der Waals surface area contributed by atoms with Crippen LogP contribution in [-0.2, 0) is 22.9 Å². The van der Waals surface area contributed by atoms with E-state index in [1.165, 1.54) is 6.07 Å². The molecule has 1 aliphatic carbocycles. The Balaban J connectivity index is 1.85. The van der Waals surface area contributed by atoms with E-state index in [1.807, 2.05) is 23.7 Å². The zero-order valence-electron chi connectivity index (χ0n) is 14.6. The minimum atomic E-state index is -3.35. The van der Waals surface area contributed by atoms with Gasteiger partial charge in [0.1, 0.15) is 5.82 Å². The molecule has 0 fully saturated rings. The van der Waals surface area contributed by atoms with Crippen LogP contribution < -0.4 is 4.72 Å². The molecule has 7 heteroatoms. The second-order valence-electron chi connectivity index (χ2n) is 6.49. The van der Waals surface area contributed by atoms with Gasteiger partial charge in [0.2, 0.25) is 10.0 Å². The fourth-order valence-corrected chi connectivity index (χ4v) is 4.72. The molecule has 0 radical (unpaired) electrons. The van der Waals surface area contributed by atoms with Crippen LogP contribution in [-0.4, -0.2) is 19.7 Å². The lowest BCUT2D eigenvalue weighted by atomic mass is 9.97. The van der Waals surface area contributed by atoms with Gasteiger partial charge in [-0.2, -0.15) is 0 Å². The summed E-state index contributed by atoms with van der Waals surface area (Å²) in [6, 6.07) is 12.1. The first kappa shape index (κ1) is 17.9.